The van der Waals surface area contributed by atoms with E-state index in [4.69, 9.17) is 10.2 Å². The smallest absolute Gasteiger partial charge is 0.348 e. The zero-order chi connectivity index (χ0) is 75.4. The molecule has 0 fully saturated rings. The summed E-state index contributed by atoms with van der Waals surface area (Å²) >= 11 is 1.01. The molecule has 0 atom stereocenters. The Bertz CT molecular complexity index is 4830. The lowest BCUT2D eigenvalue weighted by Crippen LogP contribution is -2.19. The molecule has 103 heavy (non-hydrogen) atoms. The van der Waals surface area contributed by atoms with E-state index in [2.05, 4.69) is 114 Å². The fourth-order valence-corrected chi connectivity index (χ4v) is 11.3. The number of ether oxygens (including phenoxy) is 1. The number of aromatic nitrogens is 6. The van der Waals surface area contributed by atoms with Gasteiger partial charge in [-0.1, -0.05) is 165 Å². The summed E-state index contributed by atoms with van der Waals surface area (Å²) in [5, 5.41) is 76.8. The Morgan fingerprint density at radius 2 is 0.786 bits per heavy atom. The first-order chi connectivity index (χ1) is 48.6. The average molecular weight is 1410 g/mol. The molecule has 3 amide bonds. The van der Waals surface area contributed by atoms with Crippen molar-refractivity contribution in [3.05, 3.63) is 235 Å². The highest BCUT2D eigenvalue weighted by Gasteiger charge is 2.26. The minimum atomic E-state index is -1.07. The molecule has 24 nitrogen and oxygen atoms in total. The number of methoxy groups -OCH3 is 1. The van der Waals surface area contributed by atoms with Crippen molar-refractivity contribution in [1.29, 1.82) is 0 Å². The molecule has 8 N–H and O–H groups in total. The van der Waals surface area contributed by atoms with Gasteiger partial charge in [-0.2, -0.15) is 30.6 Å². The van der Waals surface area contributed by atoms with Gasteiger partial charge in [-0.25, -0.2) is 30.7 Å². The van der Waals surface area contributed by atoms with Gasteiger partial charge in [0.25, 0.3) is 17.7 Å². The summed E-state index contributed by atoms with van der Waals surface area (Å²) in [7, 11) is 3.02. The third kappa shape index (κ3) is 18.9. The van der Waals surface area contributed by atoms with Crippen LogP contribution < -0.4 is 16.3 Å². The van der Waals surface area contributed by atoms with Crippen molar-refractivity contribution in [1.82, 2.24) is 45.6 Å². The van der Waals surface area contributed by atoms with E-state index in [9.17, 15) is 44.1 Å². The number of rotatable bonds is 18. The van der Waals surface area contributed by atoms with Crippen LogP contribution in [0.2, 0.25) is 0 Å². The lowest BCUT2D eigenvalue weighted by Gasteiger charge is -2.19. The predicted octanol–water partition coefficient (Wildman–Crippen LogP) is 14.0. The van der Waals surface area contributed by atoms with Crippen molar-refractivity contribution in [2.45, 2.75) is 119 Å². The summed E-state index contributed by atoms with van der Waals surface area (Å²) in [4.78, 5) is 71.4. The normalized spacial score (nSPS) is 11.9. The number of esters is 1. The molecule has 0 aliphatic rings. The monoisotopic (exact) mass is 1410 g/mol. The largest absolute Gasteiger partial charge is 0.504 e. The molecule has 0 saturated carbocycles. The number of hydrogen-bond acceptors (Lipinski definition) is 17. The van der Waals surface area contributed by atoms with Gasteiger partial charge in [0.1, 0.15) is 22.0 Å². The van der Waals surface area contributed by atoms with E-state index in [1.807, 2.05) is 110 Å². The van der Waals surface area contributed by atoms with Crippen molar-refractivity contribution in [3.8, 4) is 51.0 Å². The summed E-state index contributed by atoms with van der Waals surface area (Å²) in [5.74, 6) is -4.20. The van der Waals surface area contributed by atoms with Gasteiger partial charge in [0.05, 0.1) is 46.8 Å². The lowest BCUT2D eigenvalue weighted by atomic mass is 9.86. The van der Waals surface area contributed by atoms with Crippen LogP contribution in [0.1, 0.15) is 190 Å². The zero-order valence-electron chi connectivity index (χ0n) is 60.0. The summed E-state index contributed by atoms with van der Waals surface area (Å²) in [6, 6.07) is 47.9. The summed E-state index contributed by atoms with van der Waals surface area (Å²) in [6.07, 6.45) is 0. The number of carboxylic acid groups (broad SMARTS) is 2. The van der Waals surface area contributed by atoms with Gasteiger partial charge in [-0.3, -0.25) is 28.4 Å². The van der Waals surface area contributed by atoms with Gasteiger partial charge in [0, 0.05) is 41.4 Å². The highest BCUT2D eigenvalue weighted by molar-refractivity contribution is 7.15. The van der Waals surface area contributed by atoms with Crippen molar-refractivity contribution in [2.24, 2.45) is 22.4 Å². The van der Waals surface area contributed by atoms with Gasteiger partial charge in [-0.15, -0.1) is 11.3 Å². The number of thiophene rings is 1. The number of aromatic hydroxyl groups is 3. The predicted molar refractivity (Wildman–Crippen MR) is 398 cm³/mol. The molecule has 25 heteroatoms. The molecular weight excluding hydrogens is 1330 g/mol. The number of carboxylic acids is 2. The van der Waals surface area contributed by atoms with E-state index >= 15 is 0 Å². The van der Waals surface area contributed by atoms with E-state index in [-0.39, 0.29) is 72.8 Å². The number of benzene rings is 6. The molecule has 0 bridgehead atoms. The molecule has 4 heterocycles. The van der Waals surface area contributed by atoms with Crippen LogP contribution in [0, 0.1) is 0 Å². The van der Waals surface area contributed by atoms with Crippen LogP contribution in [-0.2, 0) is 41.1 Å². The molecule has 10 aromatic rings. The van der Waals surface area contributed by atoms with Crippen molar-refractivity contribution in [3.63, 3.8) is 0 Å². The Balaban J connectivity index is 0.000000197. The molecule has 534 valence electrons. The van der Waals surface area contributed by atoms with Crippen LogP contribution in [0.3, 0.4) is 0 Å². The second-order valence-corrected chi connectivity index (χ2v) is 28.1. The van der Waals surface area contributed by atoms with E-state index in [0.29, 0.717) is 57.1 Å². The second kappa shape index (κ2) is 32.5. The van der Waals surface area contributed by atoms with Crippen LogP contribution in [0.25, 0.3) is 33.8 Å². The van der Waals surface area contributed by atoms with Crippen LogP contribution in [0.5, 0.6) is 17.2 Å². The van der Waals surface area contributed by atoms with Crippen LogP contribution in [-0.4, -0.2) is 115 Å². The molecule has 0 aliphatic carbocycles. The maximum Gasteiger partial charge on any atom is 0.348 e. The van der Waals surface area contributed by atoms with Crippen molar-refractivity contribution >= 4 is 64.1 Å². The van der Waals surface area contributed by atoms with Crippen molar-refractivity contribution in [2.75, 3.05) is 7.11 Å². The zero-order valence-corrected chi connectivity index (χ0v) is 60.8. The van der Waals surface area contributed by atoms with Crippen LogP contribution >= 0.6 is 11.3 Å². The number of aromatic carboxylic acids is 2. The number of hydrogen-bond donors (Lipinski definition) is 8. The Morgan fingerprint density at radius 1 is 0.447 bits per heavy atom. The van der Waals surface area contributed by atoms with Crippen LogP contribution in [0.15, 0.2) is 179 Å². The Hall–Kier alpha value is -12.1. The minimum Gasteiger partial charge on any atom is -0.504 e. The van der Waals surface area contributed by atoms with Gasteiger partial charge in [0.2, 0.25) is 0 Å². The van der Waals surface area contributed by atoms with Crippen LogP contribution in [0.4, 0.5) is 0 Å². The van der Waals surface area contributed by atoms with Gasteiger partial charge < -0.3 is 30.3 Å². The molecule has 0 unspecified atom stereocenters. The minimum absolute atomic E-state index is 0.00852. The molecule has 10 rings (SSSR count). The number of carbonyl (C=O) groups excluding carboxylic acids is 4. The summed E-state index contributed by atoms with van der Waals surface area (Å²) in [5.41, 5.74) is 18.5. The number of carbonyl (C=O) groups is 6. The molecule has 0 radical (unpaired) electrons. The first-order valence-electron chi connectivity index (χ1n) is 32.7. The fraction of sp³-hybridized carbons (Fsp3) is 0.256. The number of hydrazone groups is 3. The SMILES string of the molecule is C/C(=N\NC(=O)c1ccc(C(=O)O)cc1)c1nn(Cc2ccccc2)c(-c2ccc(C(C)(C)C)cc2)c1O.CCn1nc(/C(C)=N/NC(=O)c2ccc(C(=O)O)cc2)c(O)c1-c1ccc(C(C)(C)C)cc1.COC(=O)c1ccc(C(=O)N/N=C(\C)c2nn(C)c(-c3ccc(C(C)(C)C)cc3)c2O)s1. The molecule has 0 saturated heterocycles. The van der Waals surface area contributed by atoms with Crippen molar-refractivity contribution < 1.29 is 59.0 Å². The highest BCUT2D eigenvalue weighted by Crippen LogP contribution is 2.38. The Labute approximate surface area is 600 Å². The first-order valence-corrected chi connectivity index (χ1v) is 33.5. The third-order valence-corrected chi connectivity index (χ3v) is 17.5. The quantitative estimate of drug-likeness (QED) is 0.0225. The van der Waals surface area contributed by atoms with E-state index in [1.165, 1.54) is 84.5 Å². The number of amides is 3. The van der Waals surface area contributed by atoms with Gasteiger partial charge in [0.15, 0.2) is 34.3 Å². The van der Waals surface area contributed by atoms with E-state index in [1.54, 1.807) is 41.9 Å². The molecule has 4 aromatic heterocycles. The summed E-state index contributed by atoms with van der Waals surface area (Å²) < 4.78 is 9.66. The molecule has 0 aliphatic heterocycles. The molecular formula is C78H84N12O12S. The average Bonchev–Trinajstić information content (AvgIpc) is 1.65. The summed E-state index contributed by atoms with van der Waals surface area (Å²) in [6.45, 7) is 27.1. The number of nitrogens with one attached hydrogen (secondary N) is 3. The number of nitrogens with zero attached hydrogens (tertiary/aromatic N) is 9. The third-order valence-electron chi connectivity index (χ3n) is 16.4. The van der Waals surface area contributed by atoms with Gasteiger partial charge in [-0.05, 0) is 127 Å². The number of aryl methyl sites for hydroxylation is 2. The molecule has 0 spiro atoms. The maximum absolute atomic E-state index is 12.5. The highest BCUT2D eigenvalue weighted by atomic mass is 32.1. The molecule has 6 aromatic carbocycles. The first kappa shape index (κ1) is 76.6. The lowest BCUT2D eigenvalue weighted by molar-refractivity contribution is 0.0604. The standard InChI is InChI=1S/C30H30N4O4.C25H28N4O4.C23H26N4O4S/c1-19(31-32-28(36)22-10-12-23(13-11-22)29(37)38)25-27(35)26(21-14-16-24(17-15-21)30(2,3)4)34(33-25)18-20-8-6-5-7-9-20;1-6-29-21(16-11-13-19(14-12-16)25(3,4)5)22(30)20(28-29)15(2)26-27-23(31)17-7-9-18(10-8-17)24(32)33;1-13(24-25-21(29)16-11-12-17(32-16)22(30)31-6)18-20(28)19(27(5)26-18)14-7-9-15(10-8-14)23(2,3)4/h5-17,35H,18H2,1-4H3,(H,32,36)(H,37,38);7-14,30H,6H2,1-5H3,(H,27,31)(H,32,33);7-12,28H,1-6H3,(H,25,29)/b31-19+;26-15+;24-13+. The topological polar surface area (TPSA) is 339 Å². The van der Waals surface area contributed by atoms with E-state index in [0.717, 1.165) is 33.6 Å². The Kier molecular flexibility index (Phi) is 24.2. The van der Waals surface area contributed by atoms with Gasteiger partial charge >= 0.3 is 17.9 Å². The maximum atomic E-state index is 12.5. The fourth-order valence-electron chi connectivity index (χ4n) is 10.5. The second-order valence-electron chi connectivity index (χ2n) is 27.0. The Morgan fingerprint density at radius 3 is 1.17 bits per heavy atom. The van der Waals surface area contributed by atoms with E-state index < -0.39 is 35.6 Å².